The molecule has 3 aliphatic heterocycles. The molecule has 40 heavy (non-hydrogen) atoms. The minimum atomic E-state index is -0.628. The van der Waals surface area contributed by atoms with Gasteiger partial charge in [-0.25, -0.2) is 13.6 Å². The maximum absolute atomic E-state index is 15.2. The molecule has 0 bridgehead atoms. The molecule has 1 aromatic heterocycles. The Morgan fingerprint density at radius 3 is 2.48 bits per heavy atom. The monoisotopic (exact) mass is 565 g/mol. The lowest BCUT2D eigenvalue weighted by molar-refractivity contribution is -0.130. The molecule has 3 atom stereocenters. The molecule has 0 aliphatic carbocycles. The molecule has 3 aromatic rings. The van der Waals surface area contributed by atoms with Crippen LogP contribution < -0.4 is 10.6 Å². The summed E-state index contributed by atoms with van der Waals surface area (Å²) in [6.45, 7) is 13.1. The van der Waals surface area contributed by atoms with Crippen molar-refractivity contribution in [2.45, 2.75) is 56.8 Å². The standard InChI is InChI=1S/C30H33F2N5O2S/c1-5-25(38)37-18(3)13-35(14-19(37)4)29-23-11-17(2)26(22-8-7-20(31)12-24(22)32)28-27(23)36(30(39)33-29)15-21(16-40-28)34-9-6-10-34/h5,7-8,11-12,18-19,21H,1,6,9-10,13-16H2,2-4H3/t18-,19+,21?. The van der Waals surface area contributed by atoms with Gasteiger partial charge in [-0.3, -0.25) is 14.3 Å². The van der Waals surface area contributed by atoms with Crippen LogP contribution in [0.15, 0.2) is 46.6 Å². The Hall–Kier alpha value is -3.24. The van der Waals surface area contributed by atoms with Crippen LogP contribution >= 0.6 is 11.8 Å². The highest BCUT2D eigenvalue weighted by molar-refractivity contribution is 7.99. The van der Waals surface area contributed by atoms with Crippen molar-refractivity contribution in [2.24, 2.45) is 0 Å². The zero-order valence-corrected chi connectivity index (χ0v) is 23.8. The Morgan fingerprint density at radius 1 is 1.12 bits per heavy atom. The van der Waals surface area contributed by atoms with Crippen molar-refractivity contribution in [3.05, 3.63) is 64.6 Å². The van der Waals surface area contributed by atoms with Crippen molar-refractivity contribution in [1.29, 1.82) is 0 Å². The van der Waals surface area contributed by atoms with Crippen LogP contribution in [0.1, 0.15) is 25.8 Å². The van der Waals surface area contributed by atoms with Crippen LogP contribution in [0.3, 0.4) is 0 Å². The van der Waals surface area contributed by atoms with Gasteiger partial charge in [0.2, 0.25) is 5.91 Å². The molecule has 0 spiro atoms. The summed E-state index contributed by atoms with van der Waals surface area (Å²) in [4.78, 5) is 38.0. The number of hydrogen-bond donors (Lipinski definition) is 0. The highest BCUT2D eigenvalue weighted by Gasteiger charge is 2.35. The SMILES string of the molecule is C=CC(=O)N1[C@H](C)CN(c2nc(=O)n3c4c(c(-c5ccc(F)cc5F)c(C)cc24)SCC(N2CCC2)C3)C[C@@H]1C. The van der Waals surface area contributed by atoms with E-state index in [1.807, 2.05) is 31.7 Å². The van der Waals surface area contributed by atoms with Crippen LogP contribution in [0.2, 0.25) is 0 Å². The summed E-state index contributed by atoms with van der Waals surface area (Å²) < 4.78 is 30.8. The molecule has 2 saturated heterocycles. The fourth-order valence-corrected chi connectivity index (χ4v) is 7.95. The van der Waals surface area contributed by atoms with Crippen molar-refractivity contribution >= 4 is 34.4 Å². The number of nitrogens with zero attached hydrogens (tertiary/aromatic N) is 5. The van der Waals surface area contributed by atoms with Crippen LogP contribution in [0.4, 0.5) is 14.6 Å². The van der Waals surface area contributed by atoms with E-state index in [4.69, 9.17) is 0 Å². The molecule has 0 N–H and O–H groups in total. The first-order valence-electron chi connectivity index (χ1n) is 13.8. The second-order valence-corrected chi connectivity index (χ2v) is 12.2. The quantitative estimate of drug-likeness (QED) is 0.436. The maximum atomic E-state index is 15.2. The van der Waals surface area contributed by atoms with Gasteiger partial charge in [-0.05, 0) is 70.1 Å². The average molecular weight is 566 g/mol. The molecule has 0 radical (unpaired) electrons. The summed E-state index contributed by atoms with van der Waals surface area (Å²) in [7, 11) is 0. The first-order chi connectivity index (χ1) is 19.2. The third-order valence-electron chi connectivity index (χ3n) is 8.46. The first kappa shape index (κ1) is 27.0. The molecule has 3 aliphatic rings. The van der Waals surface area contributed by atoms with Crippen LogP contribution in [-0.2, 0) is 11.3 Å². The van der Waals surface area contributed by atoms with Crippen molar-refractivity contribution in [3.8, 4) is 11.1 Å². The van der Waals surface area contributed by atoms with Gasteiger partial charge in [0, 0.05) is 71.0 Å². The molecular weight excluding hydrogens is 532 g/mol. The van der Waals surface area contributed by atoms with E-state index in [-0.39, 0.29) is 29.7 Å². The zero-order valence-electron chi connectivity index (χ0n) is 23.0. The average Bonchev–Trinajstić information content (AvgIpc) is 3.06. The number of aryl methyl sites for hydroxylation is 1. The summed E-state index contributed by atoms with van der Waals surface area (Å²) >= 11 is 1.64. The number of piperazine rings is 1. The van der Waals surface area contributed by atoms with E-state index >= 15 is 4.39 Å². The summed E-state index contributed by atoms with van der Waals surface area (Å²) in [5.41, 5.74) is 2.25. The van der Waals surface area contributed by atoms with Crippen LogP contribution in [-0.4, -0.2) is 75.3 Å². The third kappa shape index (κ3) is 4.41. The molecule has 1 unspecified atom stereocenters. The van der Waals surface area contributed by atoms with E-state index in [1.165, 1.54) is 18.2 Å². The number of anilines is 1. The minimum Gasteiger partial charge on any atom is -0.352 e. The number of halogens is 2. The number of carbonyl (C=O) groups is 1. The van der Waals surface area contributed by atoms with Crippen molar-refractivity contribution in [3.63, 3.8) is 0 Å². The van der Waals surface area contributed by atoms with Gasteiger partial charge in [-0.2, -0.15) is 4.98 Å². The largest absolute Gasteiger partial charge is 0.352 e. The summed E-state index contributed by atoms with van der Waals surface area (Å²) in [5.74, 6) is -0.0369. The smallest absolute Gasteiger partial charge is 0.350 e. The van der Waals surface area contributed by atoms with Gasteiger partial charge < -0.3 is 9.80 Å². The molecule has 6 rings (SSSR count). The van der Waals surface area contributed by atoms with E-state index in [2.05, 4.69) is 21.4 Å². The Morgan fingerprint density at radius 2 is 1.85 bits per heavy atom. The van der Waals surface area contributed by atoms with Gasteiger partial charge in [-0.15, -0.1) is 11.8 Å². The molecule has 0 saturated carbocycles. The second-order valence-electron chi connectivity index (χ2n) is 11.2. The normalized spacial score (nSPS) is 23.2. The molecule has 2 aromatic carbocycles. The van der Waals surface area contributed by atoms with E-state index in [1.54, 1.807) is 16.3 Å². The summed E-state index contributed by atoms with van der Waals surface area (Å²) in [5, 5.41) is 0.832. The number of rotatable bonds is 4. The van der Waals surface area contributed by atoms with Gasteiger partial charge in [0.1, 0.15) is 17.5 Å². The number of carbonyl (C=O) groups excluding carboxylic acids is 1. The Bertz CT molecular complexity index is 1570. The fraction of sp³-hybridized carbons (Fsp3) is 0.433. The lowest BCUT2D eigenvalue weighted by Crippen LogP contribution is -2.58. The summed E-state index contributed by atoms with van der Waals surface area (Å²) in [6.07, 6.45) is 2.47. The molecule has 4 heterocycles. The zero-order chi connectivity index (χ0) is 28.3. The van der Waals surface area contributed by atoms with Gasteiger partial charge in [0.05, 0.1) is 5.52 Å². The first-order valence-corrected chi connectivity index (χ1v) is 14.8. The van der Waals surface area contributed by atoms with E-state index in [9.17, 15) is 14.0 Å². The molecule has 2 fully saturated rings. The van der Waals surface area contributed by atoms with Crippen LogP contribution in [0, 0.1) is 18.6 Å². The van der Waals surface area contributed by atoms with Gasteiger partial charge >= 0.3 is 5.69 Å². The number of aromatic nitrogens is 2. The summed E-state index contributed by atoms with van der Waals surface area (Å²) in [6, 6.07) is 5.59. The molecule has 10 heteroatoms. The number of likely N-dealkylation sites (tertiary alicyclic amines) is 1. The Kier molecular flexibility index (Phi) is 6.94. The van der Waals surface area contributed by atoms with E-state index in [0.29, 0.717) is 36.6 Å². The third-order valence-corrected chi connectivity index (χ3v) is 9.70. The highest BCUT2D eigenvalue weighted by atomic mass is 32.2. The van der Waals surface area contributed by atoms with E-state index < -0.39 is 11.6 Å². The Balaban J connectivity index is 1.56. The van der Waals surface area contributed by atoms with Crippen LogP contribution in [0.5, 0.6) is 0 Å². The lowest BCUT2D eigenvalue weighted by atomic mass is 9.97. The van der Waals surface area contributed by atoms with Gasteiger partial charge in [-0.1, -0.05) is 6.58 Å². The molecular formula is C30H33F2N5O2S. The minimum absolute atomic E-state index is 0.109. The van der Waals surface area contributed by atoms with Crippen LogP contribution in [0.25, 0.3) is 22.0 Å². The predicted octanol–water partition coefficient (Wildman–Crippen LogP) is 4.44. The fourth-order valence-electron chi connectivity index (χ4n) is 6.51. The topological polar surface area (TPSA) is 61.7 Å². The molecule has 210 valence electrons. The molecule has 1 amide bonds. The van der Waals surface area contributed by atoms with E-state index in [0.717, 1.165) is 52.7 Å². The van der Waals surface area contributed by atoms with Crippen molar-refractivity contribution in [2.75, 3.05) is 36.8 Å². The number of benzene rings is 2. The number of hydrogen-bond acceptors (Lipinski definition) is 6. The van der Waals surface area contributed by atoms with Crippen molar-refractivity contribution < 1.29 is 13.6 Å². The highest BCUT2D eigenvalue weighted by Crippen LogP contribution is 2.44. The number of thioether (sulfide) groups is 1. The van der Waals surface area contributed by atoms with Gasteiger partial charge in [0.25, 0.3) is 0 Å². The number of amides is 1. The predicted molar refractivity (Wildman–Crippen MR) is 155 cm³/mol. The Labute approximate surface area is 236 Å². The second kappa shape index (κ2) is 10.3. The molecule has 7 nitrogen and oxygen atoms in total. The van der Waals surface area contributed by atoms with Gasteiger partial charge in [0.15, 0.2) is 0 Å². The van der Waals surface area contributed by atoms with Crippen molar-refractivity contribution in [1.82, 2.24) is 19.4 Å². The maximum Gasteiger partial charge on any atom is 0.350 e. The lowest BCUT2D eigenvalue weighted by Gasteiger charge is -2.44.